The molecule has 5 nitrogen and oxygen atoms in total. The van der Waals surface area contributed by atoms with Crippen molar-refractivity contribution < 1.29 is 0 Å². The summed E-state index contributed by atoms with van der Waals surface area (Å²) in [5, 5.41) is 15.0. The van der Waals surface area contributed by atoms with Crippen molar-refractivity contribution in [3.05, 3.63) is 94.4 Å². The van der Waals surface area contributed by atoms with Crippen molar-refractivity contribution in [3.8, 4) is 18.0 Å². The number of para-hydroxylation sites is 1. The number of aromatic nitrogens is 2. The Morgan fingerprint density at radius 1 is 1.15 bits per heavy atom. The smallest absolute Gasteiger partial charge is 0.209 e. The van der Waals surface area contributed by atoms with Crippen molar-refractivity contribution in [2.24, 2.45) is 0 Å². The van der Waals surface area contributed by atoms with E-state index in [4.69, 9.17) is 11.8 Å². The first-order valence-electron chi connectivity index (χ1n) is 7.91. The van der Waals surface area contributed by atoms with E-state index >= 15 is 0 Å². The number of anilines is 1. The fourth-order valence-electron chi connectivity index (χ4n) is 2.42. The van der Waals surface area contributed by atoms with E-state index in [-0.39, 0.29) is 11.1 Å². The lowest BCUT2D eigenvalue weighted by Gasteiger charge is -2.12. The molecule has 3 rings (SSSR count). The van der Waals surface area contributed by atoms with Crippen LogP contribution in [0.15, 0.2) is 77.7 Å². The molecule has 0 aliphatic carbocycles. The molecule has 0 spiro atoms. The molecule has 0 aliphatic rings. The van der Waals surface area contributed by atoms with Crippen LogP contribution in [-0.2, 0) is 0 Å². The Hall–Kier alpha value is -3.91. The zero-order valence-electron chi connectivity index (χ0n) is 13.9. The third kappa shape index (κ3) is 3.77. The van der Waals surface area contributed by atoms with Crippen LogP contribution in [0.2, 0.25) is 0 Å². The molecule has 0 atom stereocenters. The maximum atomic E-state index is 12.4. The fourth-order valence-corrected chi connectivity index (χ4v) is 2.42. The van der Waals surface area contributed by atoms with Gasteiger partial charge in [-0.05, 0) is 36.4 Å². The lowest BCUT2D eigenvalue weighted by molar-refractivity contribution is 0.825. The molecule has 5 heteroatoms. The minimum Gasteiger partial charge on any atom is -0.354 e. The molecule has 0 radical (unpaired) electrons. The van der Waals surface area contributed by atoms with Gasteiger partial charge < -0.3 is 10.7 Å². The number of hydrogen-bond donors (Lipinski definition) is 2. The first-order chi connectivity index (χ1) is 12.7. The van der Waals surface area contributed by atoms with Gasteiger partial charge in [-0.3, -0.25) is 4.79 Å². The van der Waals surface area contributed by atoms with E-state index < -0.39 is 0 Å². The van der Waals surface area contributed by atoms with Gasteiger partial charge in [0.2, 0.25) is 5.43 Å². The SMILES string of the molecule is C#Cc1cccc(N/C(=C\C=N)c2nn(-c3ccccc3)ccc2=O)c1. The molecular formula is C21H16N4O. The van der Waals surface area contributed by atoms with Crippen LogP contribution in [0.5, 0.6) is 0 Å². The van der Waals surface area contributed by atoms with Gasteiger partial charge in [0.15, 0.2) is 5.69 Å². The van der Waals surface area contributed by atoms with Gasteiger partial charge in [-0.25, -0.2) is 4.68 Å². The Morgan fingerprint density at radius 2 is 1.96 bits per heavy atom. The van der Waals surface area contributed by atoms with Crippen molar-refractivity contribution >= 4 is 17.6 Å². The largest absolute Gasteiger partial charge is 0.354 e. The Morgan fingerprint density at radius 3 is 2.69 bits per heavy atom. The highest BCUT2D eigenvalue weighted by Crippen LogP contribution is 2.16. The Balaban J connectivity index is 2.03. The van der Waals surface area contributed by atoms with E-state index in [1.165, 1.54) is 12.1 Å². The van der Waals surface area contributed by atoms with Crippen LogP contribution in [0.3, 0.4) is 0 Å². The molecule has 2 N–H and O–H groups in total. The maximum Gasteiger partial charge on any atom is 0.209 e. The molecule has 0 amide bonds. The highest BCUT2D eigenvalue weighted by molar-refractivity contribution is 5.87. The molecule has 0 fully saturated rings. The number of nitrogens with zero attached hydrogens (tertiary/aromatic N) is 2. The van der Waals surface area contributed by atoms with Crippen molar-refractivity contribution in [2.75, 3.05) is 5.32 Å². The summed E-state index contributed by atoms with van der Waals surface area (Å²) in [6, 6.07) is 18.2. The molecule has 2 aromatic carbocycles. The van der Waals surface area contributed by atoms with Gasteiger partial charge >= 0.3 is 0 Å². The van der Waals surface area contributed by atoms with Crippen LogP contribution in [0.4, 0.5) is 5.69 Å². The van der Waals surface area contributed by atoms with E-state index in [2.05, 4.69) is 16.3 Å². The Bertz CT molecular complexity index is 1060. The summed E-state index contributed by atoms with van der Waals surface area (Å²) >= 11 is 0. The monoisotopic (exact) mass is 340 g/mol. The summed E-state index contributed by atoms with van der Waals surface area (Å²) in [6.07, 6.45) is 9.64. The third-order valence-electron chi connectivity index (χ3n) is 3.64. The minimum atomic E-state index is -0.245. The number of hydrogen-bond acceptors (Lipinski definition) is 4. The number of allylic oxidation sites excluding steroid dienone is 1. The van der Waals surface area contributed by atoms with Crippen LogP contribution in [0.1, 0.15) is 11.3 Å². The molecule has 3 aromatic rings. The highest BCUT2D eigenvalue weighted by Gasteiger charge is 2.10. The molecule has 126 valence electrons. The molecule has 0 aliphatic heterocycles. The lowest BCUT2D eigenvalue weighted by Crippen LogP contribution is -2.18. The molecule has 1 aromatic heterocycles. The molecule has 0 saturated heterocycles. The highest BCUT2D eigenvalue weighted by atomic mass is 16.1. The first kappa shape index (κ1) is 16.9. The van der Waals surface area contributed by atoms with E-state index in [9.17, 15) is 4.79 Å². The van der Waals surface area contributed by atoms with E-state index in [1.54, 1.807) is 16.9 Å². The van der Waals surface area contributed by atoms with Gasteiger partial charge in [-0.15, -0.1) is 6.42 Å². The van der Waals surface area contributed by atoms with Gasteiger partial charge in [-0.1, -0.05) is 30.2 Å². The second-order valence-corrected chi connectivity index (χ2v) is 5.41. The second kappa shape index (κ2) is 7.77. The summed E-state index contributed by atoms with van der Waals surface area (Å²) in [4.78, 5) is 12.4. The Kier molecular flexibility index (Phi) is 5.06. The predicted molar refractivity (Wildman–Crippen MR) is 105 cm³/mol. The maximum absolute atomic E-state index is 12.4. The van der Waals surface area contributed by atoms with Crippen molar-refractivity contribution in [2.45, 2.75) is 0 Å². The summed E-state index contributed by atoms with van der Waals surface area (Å²) in [6.45, 7) is 0. The third-order valence-corrected chi connectivity index (χ3v) is 3.64. The number of terminal acetylenes is 1. The average molecular weight is 340 g/mol. The molecule has 0 saturated carbocycles. The van der Waals surface area contributed by atoms with Crippen LogP contribution >= 0.6 is 0 Å². The lowest BCUT2D eigenvalue weighted by atomic mass is 10.2. The average Bonchev–Trinajstić information content (AvgIpc) is 2.69. The standard InChI is InChI=1S/C21H16N4O/c1-2-16-7-6-8-17(15-16)23-19(11-13-22)21-20(26)12-14-25(24-21)18-9-4-3-5-10-18/h1,3-15,22-23H/b19-11-,22-13?. The number of rotatable bonds is 5. The summed E-state index contributed by atoms with van der Waals surface area (Å²) in [5.41, 5.74) is 2.65. The van der Waals surface area contributed by atoms with Crippen LogP contribution < -0.4 is 10.7 Å². The van der Waals surface area contributed by atoms with Crippen LogP contribution in [0, 0.1) is 17.8 Å². The summed E-state index contributed by atoms with van der Waals surface area (Å²) in [5.74, 6) is 2.57. The molecule has 0 unspecified atom stereocenters. The van der Waals surface area contributed by atoms with Crippen molar-refractivity contribution in [1.82, 2.24) is 9.78 Å². The molecular weight excluding hydrogens is 324 g/mol. The molecule has 0 bridgehead atoms. The Labute approximate surface area is 151 Å². The predicted octanol–water partition coefficient (Wildman–Crippen LogP) is 3.32. The van der Waals surface area contributed by atoms with Gasteiger partial charge in [0.1, 0.15) is 0 Å². The molecule has 26 heavy (non-hydrogen) atoms. The molecule has 1 heterocycles. The van der Waals surface area contributed by atoms with Crippen LogP contribution in [-0.4, -0.2) is 16.0 Å². The topological polar surface area (TPSA) is 70.8 Å². The van der Waals surface area contributed by atoms with E-state index in [1.807, 2.05) is 48.5 Å². The fraction of sp³-hybridized carbons (Fsp3) is 0. The zero-order valence-corrected chi connectivity index (χ0v) is 13.9. The summed E-state index contributed by atoms with van der Waals surface area (Å²) in [7, 11) is 0. The van der Waals surface area contributed by atoms with Gasteiger partial charge in [0.25, 0.3) is 0 Å². The van der Waals surface area contributed by atoms with Gasteiger partial charge in [0.05, 0.1) is 11.4 Å². The number of benzene rings is 2. The van der Waals surface area contributed by atoms with Crippen LogP contribution in [0.25, 0.3) is 11.4 Å². The normalized spacial score (nSPS) is 10.8. The number of nitrogens with one attached hydrogen (secondary N) is 2. The van der Waals surface area contributed by atoms with Crippen molar-refractivity contribution in [3.63, 3.8) is 0 Å². The first-order valence-corrected chi connectivity index (χ1v) is 7.91. The quantitative estimate of drug-likeness (QED) is 0.553. The summed E-state index contributed by atoms with van der Waals surface area (Å²) < 4.78 is 1.62. The van der Waals surface area contributed by atoms with E-state index in [0.29, 0.717) is 16.9 Å². The minimum absolute atomic E-state index is 0.214. The van der Waals surface area contributed by atoms with Gasteiger partial charge in [-0.2, -0.15) is 5.10 Å². The zero-order chi connectivity index (χ0) is 18.4. The second-order valence-electron chi connectivity index (χ2n) is 5.41. The van der Waals surface area contributed by atoms with E-state index in [0.717, 1.165) is 11.9 Å². The van der Waals surface area contributed by atoms with Gasteiger partial charge in [0, 0.05) is 29.7 Å². The van der Waals surface area contributed by atoms with Crippen molar-refractivity contribution in [1.29, 1.82) is 5.41 Å².